The molecule has 1 atom stereocenters. The number of hydrogen-bond acceptors (Lipinski definition) is 3. The van der Waals surface area contributed by atoms with Crippen molar-refractivity contribution < 1.29 is 14.0 Å². The number of benzene rings is 2. The normalized spacial score (nSPS) is 18.6. The van der Waals surface area contributed by atoms with Crippen LogP contribution in [0.5, 0.6) is 0 Å². The first-order chi connectivity index (χ1) is 14.6. The Hall–Kier alpha value is -2.73. The van der Waals surface area contributed by atoms with Gasteiger partial charge in [-0.1, -0.05) is 42.5 Å². The van der Waals surface area contributed by atoms with Crippen molar-refractivity contribution in [1.29, 1.82) is 0 Å². The van der Waals surface area contributed by atoms with Gasteiger partial charge < -0.3 is 10.6 Å². The minimum Gasteiger partial charge on any atom is -0.352 e. The van der Waals surface area contributed by atoms with Crippen molar-refractivity contribution in [2.24, 2.45) is 5.92 Å². The first-order valence-electron chi connectivity index (χ1n) is 10.7. The zero-order valence-corrected chi connectivity index (χ0v) is 17.0. The van der Waals surface area contributed by atoms with Crippen LogP contribution in [0.2, 0.25) is 0 Å². The van der Waals surface area contributed by atoms with Crippen molar-refractivity contribution in [1.82, 2.24) is 15.5 Å². The van der Waals surface area contributed by atoms with Crippen LogP contribution in [0.4, 0.5) is 4.39 Å². The predicted molar refractivity (Wildman–Crippen MR) is 113 cm³/mol. The van der Waals surface area contributed by atoms with Crippen LogP contribution in [-0.2, 0) is 16.1 Å². The molecule has 0 radical (unpaired) electrons. The number of nitrogens with zero attached hydrogens (tertiary/aromatic N) is 1. The summed E-state index contributed by atoms with van der Waals surface area (Å²) in [4.78, 5) is 27.6. The number of rotatable bonds is 7. The topological polar surface area (TPSA) is 61.4 Å². The molecule has 2 aliphatic rings. The summed E-state index contributed by atoms with van der Waals surface area (Å²) < 4.78 is 13.4. The van der Waals surface area contributed by atoms with Gasteiger partial charge in [-0.25, -0.2) is 4.39 Å². The van der Waals surface area contributed by atoms with Crippen molar-refractivity contribution >= 4 is 11.8 Å². The standard InChI is InChI=1S/C24H28FN3O2/c25-20-8-6-18(7-9-20)22(24(30)27-21-10-11-21)28-14-12-19(13-15-28)23(29)26-16-17-4-2-1-3-5-17/h1-9,19,21-22H,10-16H2,(H,26,29)(H,27,30). The lowest BCUT2D eigenvalue weighted by atomic mass is 9.93. The molecule has 2 amide bonds. The summed E-state index contributed by atoms with van der Waals surface area (Å²) in [6.45, 7) is 1.84. The molecule has 2 fully saturated rings. The van der Waals surface area contributed by atoms with Gasteiger partial charge in [0, 0.05) is 18.5 Å². The van der Waals surface area contributed by atoms with Crippen molar-refractivity contribution in [3.05, 3.63) is 71.5 Å². The Balaban J connectivity index is 1.36. The minimum atomic E-state index is -0.445. The van der Waals surface area contributed by atoms with Gasteiger partial charge in [0.1, 0.15) is 11.9 Å². The summed E-state index contributed by atoms with van der Waals surface area (Å²) in [5, 5.41) is 6.11. The highest BCUT2D eigenvalue weighted by Crippen LogP contribution is 2.29. The number of halogens is 1. The number of hydrogen-bond donors (Lipinski definition) is 2. The number of likely N-dealkylation sites (tertiary alicyclic amines) is 1. The summed E-state index contributed by atoms with van der Waals surface area (Å²) >= 11 is 0. The van der Waals surface area contributed by atoms with E-state index in [1.807, 2.05) is 30.3 Å². The second-order valence-corrected chi connectivity index (χ2v) is 8.25. The average Bonchev–Trinajstić information content (AvgIpc) is 3.59. The van der Waals surface area contributed by atoms with Gasteiger partial charge in [0.05, 0.1) is 0 Å². The Morgan fingerprint density at radius 3 is 2.27 bits per heavy atom. The van der Waals surface area contributed by atoms with E-state index < -0.39 is 6.04 Å². The van der Waals surface area contributed by atoms with Crippen LogP contribution in [0.25, 0.3) is 0 Å². The van der Waals surface area contributed by atoms with E-state index in [0.717, 1.165) is 24.0 Å². The summed E-state index contributed by atoms with van der Waals surface area (Å²) in [5.41, 5.74) is 1.87. The lowest BCUT2D eigenvalue weighted by molar-refractivity contribution is -0.129. The molecule has 0 spiro atoms. The molecular formula is C24H28FN3O2. The van der Waals surface area contributed by atoms with Crippen LogP contribution < -0.4 is 10.6 Å². The van der Waals surface area contributed by atoms with Gasteiger partial charge in [-0.2, -0.15) is 0 Å². The highest BCUT2D eigenvalue weighted by molar-refractivity contribution is 5.84. The fourth-order valence-electron chi connectivity index (χ4n) is 4.03. The molecule has 0 bridgehead atoms. The Bertz CT molecular complexity index is 860. The monoisotopic (exact) mass is 409 g/mol. The summed E-state index contributed by atoms with van der Waals surface area (Å²) in [6, 6.07) is 15.9. The molecule has 2 N–H and O–H groups in total. The predicted octanol–water partition coefficient (Wildman–Crippen LogP) is 3.17. The molecule has 4 rings (SSSR count). The van der Waals surface area contributed by atoms with E-state index in [1.165, 1.54) is 12.1 Å². The Labute approximate surface area is 176 Å². The number of carbonyl (C=O) groups excluding carboxylic acids is 2. The number of carbonyl (C=O) groups is 2. The van der Waals surface area contributed by atoms with Crippen LogP contribution in [0, 0.1) is 11.7 Å². The smallest absolute Gasteiger partial charge is 0.242 e. The van der Waals surface area contributed by atoms with Gasteiger partial charge in [0.25, 0.3) is 0 Å². The molecular weight excluding hydrogens is 381 g/mol. The largest absolute Gasteiger partial charge is 0.352 e. The fourth-order valence-corrected chi connectivity index (χ4v) is 4.03. The van der Waals surface area contributed by atoms with E-state index in [2.05, 4.69) is 15.5 Å². The maximum Gasteiger partial charge on any atom is 0.242 e. The average molecular weight is 410 g/mol. The molecule has 2 aromatic carbocycles. The molecule has 2 aromatic rings. The van der Waals surface area contributed by atoms with E-state index in [4.69, 9.17) is 0 Å². The van der Waals surface area contributed by atoms with E-state index in [9.17, 15) is 14.0 Å². The Morgan fingerprint density at radius 1 is 0.967 bits per heavy atom. The molecule has 30 heavy (non-hydrogen) atoms. The fraction of sp³-hybridized carbons (Fsp3) is 0.417. The summed E-state index contributed by atoms with van der Waals surface area (Å²) in [6.07, 6.45) is 3.45. The number of piperidine rings is 1. The van der Waals surface area contributed by atoms with E-state index in [0.29, 0.717) is 32.5 Å². The van der Waals surface area contributed by atoms with Crippen LogP contribution in [0.3, 0.4) is 0 Å². The SMILES string of the molecule is O=C(NCc1ccccc1)C1CCN(C(C(=O)NC2CC2)c2ccc(F)cc2)CC1. The van der Waals surface area contributed by atoms with Gasteiger partial charge in [0.15, 0.2) is 0 Å². The van der Waals surface area contributed by atoms with Gasteiger partial charge in [0.2, 0.25) is 11.8 Å². The summed E-state index contributed by atoms with van der Waals surface area (Å²) in [5.74, 6) is -0.324. The quantitative estimate of drug-likeness (QED) is 0.738. The van der Waals surface area contributed by atoms with Crippen LogP contribution in [0.1, 0.15) is 42.9 Å². The second kappa shape index (κ2) is 9.39. The van der Waals surface area contributed by atoms with Crippen molar-refractivity contribution in [2.75, 3.05) is 13.1 Å². The molecule has 1 heterocycles. The molecule has 1 aliphatic heterocycles. The number of amides is 2. The molecule has 5 nitrogen and oxygen atoms in total. The first-order valence-corrected chi connectivity index (χ1v) is 10.7. The third-order valence-electron chi connectivity index (χ3n) is 5.93. The molecule has 0 aromatic heterocycles. The van der Waals surface area contributed by atoms with Crippen LogP contribution >= 0.6 is 0 Å². The summed E-state index contributed by atoms with van der Waals surface area (Å²) in [7, 11) is 0. The molecule has 1 unspecified atom stereocenters. The maximum atomic E-state index is 13.4. The van der Waals surface area contributed by atoms with Crippen LogP contribution in [-0.4, -0.2) is 35.8 Å². The highest BCUT2D eigenvalue weighted by Gasteiger charge is 2.35. The zero-order valence-electron chi connectivity index (χ0n) is 17.0. The van der Waals surface area contributed by atoms with Crippen molar-refractivity contribution in [2.45, 2.75) is 44.3 Å². The molecule has 1 aliphatic carbocycles. The third kappa shape index (κ3) is 5.25. The molecule has 1 saturated heterocycles. The van der Waals surface area contributed by atoms with Gasteiger partial charge in [-0.05, 0) is 62.0 Å². The minimum absolute atomic E-state index is 0.0314. The van der Waals surface area contributed by atoms with E-state index in [1.54, 1.807) is 12.1 Å². The first kappa shape index (κ1) is 20.5. The Kier molecular flexibility index (Phi) is 6.43. The third-order valence-corrected chi connectivity index (χ3v) is 5.93. The molecule has 6 heteroatoms. The second-order valence-electron chi connectivity index (χ2n) is 8.25. The van der Waals surface area contributed by atoms with Gasteiger partial charge in [-0.15, -0.1) is 0 Å². The van der Waals surface area contributed by atoms with Gasteiger partial charge >= 0.3 is 0 Å². The number of nitrogens with one attached hydrogen (secondary N) is 2. The van der Waals surface area contributed by atoms with E-state index >= 15 is 0 Å². The van der Waals surface area contributed by atoms with Crippen molar-refractivity contribution in [3.8, 4) is 0 Å². The zero-order chi connectivity index (χ0) is 20.9. The van der Waals surface area contributed by atoms with Gasteiger partial charge in [-0.3, -0.25) is 14.5 Å². The Morgan fingerprint density at radius 2 is 1.63 bits per heavy atom. The molecule has 1 saturated carbocycles. The lowest BCUT2D eigenvalue weighted by Crippen LogP contribution is -2.46. The van der Waals surface area contributed by atoms with E-state index in [-0.39, 0.29) is 29.6 Å². The maximum absolute atomic E-state index is 13.4. The highest BCUT2D eigenvalue weighted by atomic mass is 19.1. The lowest BCUT2D eigenvalue weighted by Gasteiger charge is -2.36. The molecule has 158 valence electrons. The van der Waals surface area contributed by atoms with Crippen molar-refractivity contribution in [3.63, 3.8) is 0 Å². The van der Waals surface area contributed by atoms with Crippen LogP contribution in [0.15, 0.2) is 54.6 Å².